The lowest BCUT2D eigenvalue weighted by Crippen LogP contribution is -2.50. The number of aromatic nitrogens is 2. The van der Waals surface area contributed by atoms with Gasteiger partial charge in [0, 0.05) is 23.0 Å². The van der Waals surface area contributed by atoms with E-state index in [0.717, 1.165) is 55.3 Å². The second-order valence-electron chi connectivity index (χ2n) is 11.1. The molecule has 8 heteroatoms. The van der Waals surface area contributed by atoms with Gasteiger partial charge in [-0.1, -0.05) is 30.3 Å². The number of benzene rings is 1. The molecule has 7 nitrogen and oxygen atoms in total. The van der Waals surface area contributed by atoms with Gasteiger partial charge < -0.3 is 15.4 Å². The number of hydrogen-bond donors (Lipinski definition) is 2. The first-order valence-corrected chi connectivity index (χ1v) is 13.9. The highest BCUT2D eigenvalue weighted by atomic mass is 19.1. The maximum Gasteiger partial charge on any atom is 0.408 e. The third kappa shape index (κ3) is 6.10. The molecule has 0 unspecified atom stereocenters. The average molecular weight is 529 g/mol. The number of amides is 2. The Balaban J connectivity index is 1.17. The normalized spacial score (nSPS) is 17.5. The number of pyridine rings is 2. The maximum atomic E-state index is 15.2. The Bertz CT molecular complexity index is 1360. The first-order chi connectivity index (χ1) is 19.0. The van der Waals surface area contributed by atoms with E-state index < -0.39 is 24.0 Å². The quantitative estimate of drug-likeness (QED) is 0.309. The lowest BCUT2D eigenvalue weighted by molar-refractivity contribution is -0.119. The van der Waals surface area contributed by atoms with Crippen LogP contribution in [0, 0.1) is 30.6 Å². The summed E-state index contributed by atoms with van der Waals surface area (Å²) in [5.41, 5.74) is 4.01. The Morgan fingerprint density at radius 3 is 2.38 bits per heavy atom. The molecular weight excluding hydrogens is 495 g/mol. The molecule has 3 fully saturated rings. The number of aryl methyl sites for hydroxylation is 1. The van der Waals surface area contributed by atoms with Gasteiger partial charge in [0.1, 0.15) is 18.5 Å². The minimum atomic E-state index is -0.778. The van der Waals surface area contributed by atoms with E-state index in [2.05, 4.69) is 20.6 Å². The highest BCUT2D eigenvalue weighted by Gasteiger charge is 2.48. The van der Waals surface area contributed by atoms with Crippen molar-refractivity contribution >= 4 is 17.8 Å². The summed E-state index contributed by atoms with van der Waals surface area (Å²) < 4.78 is 20.6. The molecule has 3 aromatic rings. The van der Waals surface area contributed by atoms with Crippen molar-refractivity contribution < 1.29 is 18.7 Å². The van der Waals surface area contributed by atoms with Crippen molar-refractivity contribution in [3.8, 4) is 11.1 Å². The first-order valence-electron chi connectivity index (χ1n) is 13.9. The zero-order chi connectivity index (χ0) is 26.9. The summed E-state index contributed by atoms with van der Waals surface area (Å²) in [5, 5.41) is 5.59. The molecule has 2 N–H and O–H groups in total. The van der Waals surface area contributed by atoms with Crippen molar-refractivity contribution in [3.05, 3.63) is 77.5 Å². The van der Waals surface area contributed by atoms with Gasteiger partial charge in [0.2, 0.25) is 11.9 Å². The summed E-state index contributed by atoms with van der Waals surface area (Å²) in [6, 6.07) is 13.8. The van der Waals surface area contributed by atoms with Gasteiger partial charge in [0.05, 0.1) is 0 Å². The van der Waals surface area contributed by atoms with Crippen LogP contribution in [-0.4, -0.2) is 28.0 Å². The maximum absolute atomic E-state index is 15.2. The van der Waals surface area contributed by atoms with E-state index in [9.17, 15) is 9.59 Å². The Kier molecular flexibility index (Phi) is 7.02. The molecule has 3 aliphatic rings. The summed E-state index contributed by atoms with van der Waals surface area (Å²) >= 11 is 0. The van der Waals surface area contributed by atoms with E-state index in [1.807, 2.05) is 43.3 Å². The standard InChI is InChI=1S/C31H33FN4O3/c1-18-25(20-7-8-20)15-23(16-33-18)24-13-14-26(34-29(24)32)35-30(37)28(27(21-9-10-21)22-11-12-22)36-31(38)39-17-19-5-3-2-4-6-19/h2-6,13-16,20-22,27-28H,7-12,17H2,1H3,(H,36,38)(H,34,35,37)/t28-/m0/s1. The van der Waals surface area contributed by atoms with Crippen molar-refractivity contribution in [1.82, 2.24) is 15.3 Å². The smallest absolute Gasteiger partial charge is 0.408 e. The van der Waals surface area contributed by atoms with Crippen LogP contribution in [0.2, 0.25) is 0 Å². The van der Waals surface area contributed by atoms with E-state index in [1.54, 1.807) is 18.3 Å². The van der Waals surface area contributed by atoms with E-state index in [4.69, 9.17) is 4.74 Å². The lowest BCUT2D eigenvalue weighted by Gasteiger charge is -2.27. The molecule has 2 heterocycles. The second kappa shape index (κ2) is 10.8. The van der Waals surface area contributed by atoms with Crippen molar-refractivity contribution in [2.24, 2.45) is 17.8 Å². The van der Waals surface area contributed by atoms with Crippen LogP contribution >= 0.6 is 0 Å². The zero-order valence-electron chi connectivity index (χ0n) is 22.0. The molecule has 39 heavy (non-hydrogen) atoms. The van der Waals surface area contributed by atoms with Gasteiger partial charge >= 0.3 is 6.09 Å². The van der Waals surface area contributed by atoms with Crippen molar-refractivity contribution in [2.45, 2.75) is 64.0 Å². The third-order valence-corrected chi connectivity index (χ3v) is 8.04. The van der Waals surface area contributed by atoms with Crippen LogP contribution in [0.3, 0.4) is 0 Å². The van der Waals surface area contributed by atoms with Gasteiger partial charge in [-0.3, -0.25) is 9.78 Å². The van der Waals surface area contributed by atoms with E-state index >= 15 is 4.39 Å². The number of rotatable bonds is 10. The summed E-state index contributed by atoms with van der Waals surface area (Å²) in [6.07, 6.45) is 7.46. The number of carbonyl (C=O) groups excluding carboxylic acids is 2. The fourth-order valence-corrected chi connectivity index (χ4v) is 5.55. The Labute approximate surface area is 227 Å². The monoisotopic (exact) mass is 528 g/mol. The summed E-state index contributed by atoms with van der Waals surface area (Å²) in [4.78, 5) is 34.8. The number of hydrogen-bond acceptors (Lipinski definition) is 5. The topological polar surface area (TPSA) is 93.2 Å². The molecule has 1 aromatic carbocycles. The fourth-order valence-electron chi connectivity index (χ4n) is 5.55. The Morgan fingerprint density at radius 2 is 1.74 bits per heavy atom. The Morgan fingerprint density at radius 1 is 1.03 bits per heavy atom. The number of carbonyl (C=O) groups is 2. The SMILES string of the molecule is Cc1ncc(-c2ccc(NC(=O)[C@@H](NC(=O)OCc3ccccc3)C(C3CC3)C3CC3)nc2F)cc1C1CC1. The lowest BCUT2D eigenvalue weighted by atomic mass is 9.89. The zero-order valence-corrected chi connectivity index (χ0v) is 22.0. The molecule has 0 aliphatic heterocycles. The van der Waals surface area contributed by atoms with Crippen LogP contribution in [0.25, 0.3) is 11.1 Å². The molecule has 0 saturated heterocycles. The molecule has 3 saturated carbocycles. The number of nitrogens with one attached hydrogen (secondary N) is 2. The number of alkyl carbamates (subject to hydrolysis) is 1. The number of anilines is 1. The predicted molar refractivity (Wildman–Crippen MR) is 145 cm³/mol. The van der Waals surface area contributed by atoms with Crippen LogP contribution in [0.15, 0.2) is 54.7 Å². The summed E-state index contributed by atoms with van der Waals surface area (Å²) in [5.74, 6) is 0.350. The van der Waals surface area contributed by atoms with Crippen LogP contribution in [0.1, 0.15) is 61.3 Å². The number of ether oxygens (including phenoxy) is 1. The van der Waals surface area contributed by atoms with Gasteiger partial charge in [-0.05, 0) is 98.4 Å². The average Bonchev–Trinajstić information content (AvgIpc) is 3.77. The minimum Gasteiger partial charge on any atom is -0.445 e. The predicted octanol–water partition coefficient (Wildman–Crippen LogP) is 6.14. The number of halogens is 1. The molecule has 1 atom stereocenters. The fraction of sp³-hybridized carbons (Fsp3) is 0.419. The first kappa shape index (κ1) is 25.5. The molecule has 0 spiro atoms. The van der Waals surface area contributed by atoms with Crippen LogP contribution < -0.4 is 10.6 Å². The molecule has 2 amide bonds. The second-order valence-corrected chi connectivity index (χ2v) is 11.1. The summed E-state index contributed by atoms with van der Waals surface area (Å²) in [7, 11) is 0. The van der Waals surface area contributed by atoms with Gasteiger partial charge in [-0.2, -0.15) is 4.39 Å². The van der Waals surface area contributed by atoms with Crippen molar-refractivity contribution in [3.63, 3.8) is 0 Å². The van der Waals surface area contributed by atoms with E-state index in [1.165, 1.54) is 0 Å². The van der Waals surface area contributed by atoms with Crippen molar-refractivity contribution in [2.75, 3.05) is 5.32 Å². The third-order valence-electron chi connectivity index (χ3n) is 8.04. The van der Waals surface area contributed by atoms with Crippen molar-refractivity contribution in [1.29, 1.82) is 0 Å². The molecule has 202 valence electrons. The van der Waals surface area contributed by atoms with Crippen LogP contribution in [0.5, 0.6) is 0 Å². The summed E-state index contributed by atoms with van der Waals surface area (Å²) in [6.45, 7) is 2.09. The molecule has 2 aromatic heterocycles. The highest BCUT2D eigenvalue weighted by Crippen LogP contribution is 2.51. The van der Waals surface area contributed by atoms with Crippen LogP contribution in [-0.2, 0) is 16.1 Å². The molecule has 0 radical (unpaired) electrons. The Hall–Kier alpha value is -3.81. The largest absolute Gasteiger partial charge is 0.445 e. The van der Waals surface area contributed by atoms with E-state index in [-0.39, 0.29) is 18.3 Å². The van der Waals surface area contributed by atoms with Crippen LogP contribution in [0.4, 0.5) is 15.0 Å². The van der Waals surface area contributed by atoms with Gasteiger partial charge in [-0.15, -0.1) is 0 Å². The molecule has 0 bridgehead atoms. The number of nitrogens with zero attached hydrogens (tertiary/aromatic N) is 2. The van der Waals surface area contributed by atoms with E-state index in [0.29, 0.717) is 28.9 Å². The van der Waals surface area contributed by atoms with Gasteiger partial charge in [0.15, 0.2) is 0 Å². The highest BCUT2D eigenvalue weighted by molar-refractivity contribution is 5.96. The minimum absolute atomic E-state index is 0.0258. The van der Waals surface area contributed by atoms with Gasteiger partial charge in [0.25, 0.3) is 0 Å². The molecule has 6 rings (SSSR count). The molecule has 3 aliphatic carbocycles. The van der Waals surface area contributed by atoms with Gasteiger partial charge in [-0.25, -0.2) is 9.78 Å². The molecular formula is C31H33FN4O3.